The first kappa shape index (κ1) is 19.5. The molecule has 2 N–H and O–H groups in total. The zero-order valence-corrected chi connectivity index (χ0v) is 13.2. The molecule has 0 aromatic rings. The van der Waals surface area contributed by atoms with Gasteiger partial charge in [0.2, 0.25) is 0 Å². The van der Waals surface area contributed by atoms with Crippen molar-refractivity contribution in [1.82, 2.24) is 0 Å². The summed E-state index contributed by atoms with van der Waals surface area (Å²) < 4.78 is 0. The van der Waals surface area contributed by atoms with Crippen LogP contribution in [-0.4, -0.2) is 59.9 Å². The summed E-state index contributed by atoms with van der Waals surface area (Å²) in [6.45, 7) is 5.37. The molecule has 0 aromatic heterocycles. The zero-order chi connectivity index (χ0) is 12.8. The molecule has 0 aliphatic heterocycles. The predicted octanol–water partition coefficient (Wildman–Crippen LogP) is 2.61. The summed E-state index contributed by atoms with van der Waals surface area (Å²) >= 11 is 0. The number of carbonyl (C=O) groups is 2. The summed E-state index contributed by atoms with van der Waals surface area (Å²) in [5, 5.41) is 18.3. The number of unbranched alkanes of at least 4 members (excludes halogenated alkanes) is 3. The average Bonchev–Trinajstić information content (AvgIpc) is 2.16. The van der Waals surface area contributed by atoms with Crippen molar-refractivity contribution in [2.75, 3.05) is 0 Å². The molecule has 0 bridgehead atoms. The Kier molecular flexibility index (Phi) is 10.5. The minimum Gasteiger partial charge on any atom is -1.00 e. The van der Waals surface area contributed by atoms with Crippen LogP contribution in [0.15, 0.2) is 0 Å². The summed E-state index contributed by atoms with van der Waals surface area (Å²) in [6.07, 6.45) is 3.84. The molecule has 0 rings (SSSR count). The van der Waals surface area contributed by atoms with Crippen molar-refractivity contribution in [3.05, 3.63) is 0 Å². The molecule has 0 atom stereocenters. The van der Waals surface area contributed by atoms with E-state index in [0.29, 0.717) is 6.42 Å². The van der Waals surface area contributed by atoms with Crippen molar-refractivity contribution >= 4 is 49.7 Å². The molecule has 0 aromatic carbocycles. The van der Waals surface area contributed by atoms with Crippen LogP contribution in [0.2, 0.25) is 0 Å². The molecule has 0 radical (unpaired) electrons. The van der Waals surface area contributed by atoms with Crippen molar-refractivity contribution in [3.63, 3.8) is 0 Å². The van der Waals surface area contributed by atoms with Gasteiger partial charge in [-0.1, -0.05) is 46.5 Å². The second kappa shape index (κ2) is 9.17. The van der Waals surface area contributed by atoms with Gasteiger partial charge in [0.25, 0.3) is 0 Å². The second-order valence-electron chi connectivity index (χ2n) is 4.55. The largest absolute Gasteiger partial charge is 2.00 e. The number of hydrogen-bond acceptors (Lipinski definition) is 2. The minimum absolute atomic E-state index is 0. The van der Waals surface area contributed by atoms with Crippen molar-refractivity contribution in [2.45, 2.75) is 52.9 Å². The van der Waals surface area contributed by atoms with Crippen molar-refractivity contribution in [1.29, 1.82) is 0 Å². The normalized spacial score (nSPS) is 11.1. The second-order valence-corrected chi connectivity index (χ2v) is 4.55. The standard InChI is InChI=1S/C12H22O4.Ca.2H/c1-4-5-6-7-8-12(9(2)3,10(13)14)11(15)16;;;/h9H,4-8H2,1-3H3,(H,13,14)(H,15,16);;;/q;+2;2*-1. The Morgan fingerprint density at radius 2 is 1.59 bits per heavy atom. The Bertz CT molecular complexity index is 246. The topological polar surface area (TPSA) is 74.6 Å². The van der Waals surface area contributed by atoms with Gasteiger partial charge in [0.05, 0.1) is 0 Å². The third-order valence-corrected chi connectivity index (χ3v) is 3.17. The van der Waals surface area contributed by atoms with Crippen LogP contribution < -0.4 is 0 Å². The van der Waals surface area contributed by atoms with Crippen LogP contribution in [0.3, 0.4) is 0 Å². The smallest absolute Gasteiger partial charge is 1.00 e. The molecule has 5 heteroatoms. The molecule has 98 valence electrons. The van der Waals surface area contributed by atoms with E-state index in [1.54, 1.807) is 13.8 Å². The molecule has 0 unspecified atom stereocenters. The van der Waals surface area contributed by atoms with E-state index < -0.39 is 23.3 Å². The van der Waals surface area contributed by atoms with Crippen LogP contribution in [0, 0.1) is 11.3 Å². The quantitative estimate of drug-likeness (QED) is 0.404. The Labute approximate surface area is 136 Å². The van der Waals surface area contributed by atoms with Gasteiger partial charge in [0.1, 0.15) is 0 Å². The zero-order valence-electron chi connectivity index (χ0n) is 13.0. The molecule has 4 nitrogen and oxygen atoms in total. The van der Waals surface area contributed by atoms with Crippen molar-refractivity contribution in [2.24, 2.45) is 11.3 Å². The van der Waals surface area contributed by atoms with E-state index in [9.17, 15) is 9.59 Å². The summed E-state index contributed by atoms with van der Waals surface area (Å²) in [4.78, 5) is 22.4. The minimum atomic E-state index is -1.62. The maximum absolute atomic E-state index is 11.2. The Morgan fingerprint density at radius 3 is 1.88 bits per heavy atom. The van der Waals surface area contributed by atoms with E-state index in [1.807, 2.05) is 0 Å². The van der Waals surface area contributed by atoms with Crippen molar-refractivity contribution < 1.29 is 22.7 Å². The molecular formula is C12H24CaO4. The summed E-state index contributed by atoms with van der Waals surface area (Å²) in [5.41, 5.74) is -1.62. The number of aliphatic carboxylic acids is 2. The third kappa shape index (κ3) is 5.14. The molecule has 0 aliphatic carbocycles. The molecule has 0 heterocycles. The van der Waals surface area contributed by atoms with Crippen LogP contribution in [0.4, 0.5) is 0 Å². The van der Waals surface area contributed by atoms with E-state index >= 15 is 0 Å². The van der Waals surface area contributed by atoms with Crippen LogP contribution in [0.1, 0.15) is 55.7 Å². The van der Waals surface area contributed by atoms with Gasteiger partial charge in [0.15, 0.2) is 5.41 Å². The fraction of sp³-hybridized carbons (Fsp3) is 0.833. The van der Waals surface area contributed by atoms with E-state index in [0.717, 1.165) is 19.3 Å². The summed E-state index contributed by atoms with van der Waals surface area (Å²) in [5.74, 6) is -2.83. The molecular weight excluding hydrogens is 248 g/mol. The molecule has 0 amide bonds. The number of hydrogen-bond donors (Lipinski definition) is 2. The molecule has 0 spiro atoms. The first-order chi connectivity index (χ1) is 7.39. The molecule has 0 aliphatic rings. The van der Waals surface area contributed by atoms with Gasteiger partial charge in [-0.05, 0) is 12.3 Å². The fourth-order valence-electron chi connectivity index (χ4n) is 1.92. The Hall–Kier alpha value is 0.200. The van der Waals surface area contributed by atoms with Gasteiger partial charge >= 0.3 is 49.7 Å². The van der Waals surface area contributed by atoms with E-state index in [2.05, 4.69) is 6.92 Å². The number of rotatable bonds is 8. The van der Waals surface area contributed by atoms with Gasteiger partial charge in [0, 0.05) is 0 Å². The van der Waals surface area contributed by atoms with Crippen molar-refractivity contribution in [3.8, 4) is 0 Å². The van der Waals surface area contributed by atoms with Gasteiger partial charge in [-0.25, -0.2) is 0 Å². The third-order valence-electron chi connectivity index (χ3n) is 3.17. The van der Waals surface area contributed by atoms with Gasteiger partial charge in [-0.15, -0.1) is 0 Å². The molecule has 17 heavy (non-hydrogen) atoms. The predicted molar refractivity (Wildman–Crippen MR) is 69.3 cm³/mol. The maximum Gasteiger partial charge on any atom is 2.00 e. The van der Waals surface area contributed by atoms with Crippen LogP contribution in [0.25, 0.3) is 0 Å². The Balaban J connectivity index is -0.000000375. The molecule has 0 saturated heterocycles. The van der Waals surface area contributed by atoms with Gasteiger partial charge < -0.3 is 13.1 Å². The van der Waals surface area contributed by atoms with E-state index in [4.69, 9.17) is 10.2 Å². The van der Waals surface area contributed by atoms with Crippen LogP contribution >= 0.6 is 0 Å². The fourth-order valence-corrected chi connectivity index (χ4v) is 1.92. The van der Waals surface area contributed by atoms with Gasteiger partial charge in [-0.3, -0.25) is 9.59 Å². The summed E-state index contributed by atoms with van der Waals surface area (Å²) in [7, 11) is 0. The average molecular weight is 272 g/mol. The SMILES string of the molecule is CCCCCCC(C(=O)O)(C(=O)O)C(C)C.[Ca+2].[H-].[H-]. The molecule has 0 saturated carbocycles. The van der Waals surface area contributed by atoms with Crippen LogP contribution in [0.5, 0.6) is 0 Å². The van der Waals surface area contributed by atoms with E-state index in [1.165, 1.54) is 0 Å². The monoisotopic (exact) mass is 272 g/mol. The maximum atomic E-state index is 11.2. The van der Waals surface area contributed by atoms with E-state index in [-0.39, 0.29) is 47.0 Å². The van der Waals surface area contributed by atoms with Gasteiger partial charge in [-0.2, -0.15) is 0 Å². The first-order valence-corrected chi connectivity index (χ1v) is 5.86. The molecule has 0 fully saturated rings. The Morgan fingerprint density at radius 1 is 1.12 bits per heavy atom. The summed E-state index contributed by atoms with van der Waals surface area (Å²) in [6, 6.07) is 0. The number of carboxylic acid groups (broad SMARTS) is 2. The van der Waals surface area contributed by atoms with Crippen LogP contribution in [-0.2, 0) is 9.59 Å². The first-order valence-electron chi connectivity index (χ1n) is 5.86. The number of carboxylic acids is 2.